The molecule has 0 aromatic carbocycles. The first-order valence-electron chi connectivity index (χ1n) is 5.58. The van der Waals surface area contributed by atoms with Crippen LogP contribution in [0.15, 0.2) is 12.3 Å². The second-order valence-electron chi connectivity index (χ2n) is 4.09. The summed E-state index contributed by atoms with van der Waals surface area (Å²) in [5, 5.41) is 7.53. The van der Waals surface area contributed by atoms with Gasteiger partial charge in [-0.1, -0.05) is 0 Å². The summed E-state index contributed by atoms with van der Waals surface area (Å²) >= 11 is 0. The van der Waals surface area contributed by atoms with E-state index in [1.165, 1.54) is 18.5 Å². The average molecular weight is 209 g/mol. The molecule has 15 heavy (non-hydrogen) atoms. The van der Waals surface area contributed by atoms with Crippen LogP contribution in [0.5, 0.6) is 0 Å². The lowest BCUT2D eigenvalue weighted by molar-refractivity contribution is 0.0946. The van der Waals surface area contributed by atoms with Crippen molar-refractivity contribution in [3.8, 4) is 0 Å². The third-order valence-electron chi connectivity index (χ3n) is 3.09. The van der Waals surface area contributed by atoms with Crippen LogP contribution in [0.4, 0.5) is 0 Å². The number of aryl methyl sites for hydroxylation is 1. The van der Waals surface area contributed by atoms with E-state index in [1.807, 2.05) is 25.0 Å². The normalized spacial score (nSPS) is 23.2. The molecule has 1 aliphatic rings. The van der Waals surface area contributed by atoms with Gasteiger partial charge in [0, 0.05) is 19.9 Å². The van der Waals surface area contributed by atoms with Crippen LogP contribution in [0.3, 0.4) is 0 Å². The Bertz CT molecular complexity index is 305. The molecule has 2 atom stereocenters. The third kappa shape index (κ3) is 2.38. The van der Waals surface area contributed by atoms with Crippen molar-refractivity contribution in [2.75, 3.05) is 13.7 Å². The van der Waals surface area contributed by atoms with Gasteiger partial charge >= 0.3 is 0 Å². The third-order valence-corrected chi connectivity index (χ3v) is 3.09. The highest BCUT2D eigenvalue weighted by Gasteiger charge is 2.22. The molecule has 2 heterocycles. The van der Waals surface area contributed by atoms with Crippen LogP contribution in [-0.2, 0) is 11.8 Å². The molecule has 1 fully saturated rings. The second kappa shape index (κ2) is 4.77. The highest BCUT2D eigenvalue weighted by atomic mass is 16.5. The molecular weight excluding hydrogens is 190 g/mol. The first kappa shape index (κ1) is 10.6. The molecule has 1 aliphatic heterocycles. The Morgan fingerprint density at radius 1 is 1.73 bits per heavy atom. The minimum Gasteiger partial charge on any atom is -0.378 e. The molecule has 84 valence electrons. The zero-order valence-corrected chi connectivity index (χ0v) is 9.44. The smallest absolute Gasteiger partial charge is 0.0594 e. The molecule has 0 radical (unpaired) electrons. The summed E-state index contributed by atoms with van der Waals surface area (Å²) in [6.07, 6.45) is 5.69. The number of rotatable bonds is 4. The Hall–Kier alpha value is -0.870. The SMILES string of the molecule is CNC(CC1CCCO1)c1ccnn1C. The molecule has 1 aromatic rings. The van der Waals surface area contributed by atoms with Crippen LogP contribution >= 0.6 is 0 Å². The molecule has 0 amide bonds. The standard InChI is InChI=1S/C11H19N3O/c1-12-10(8-9-4-3-7-15-9)11-5-6-13-14(11)2/h5-6,9-10,12H,3-4,7-8H2,1-2H3. The highest BCUT2D eigenvalue weighted by Crippen LogP contribution is 2.24. The summed E-state index contributed by atoms with van der Waals surface area (Å²) in [5.41, 5.74) is 1.23. The summed E-state index contributed by atoms with van der Waals surface area (Å²) < 4.78 is 7.58. The summed E-state index contributed by atoms with van der Waals surface area (Å²) in [4.78, 5) is 0. The summed E-state index contributed by atoms with van der Waals surface area (Å²) in [7, 11) is 3.97. The lowest BCUT2D eigenvalue weighted by atomic mass is 10.0. The van der Waals surface area contributed by atoms with E-state index in [2.05, 4.69) is 16.5 Å². The van der Waals surface area contributed by atoms with Gasteiger partial charge in [0.1, 0.15) is 0 Å². The zero-order chi connectivity index (χ0) is 10.7. The van der Waals surface area contributed by atoms with Gasteiger partial charge in [-0.15, -0.1) is 0 Å². The van der Waals surface area contributed by atoms with Crippen LogP contribution in [0, 0.1) is 0 Å². The van der Waals surface area contributed by atoms with Crippen LogP contribution in [0.25, 0.3) is 0 Å². The summed E-state index contributed by atoms with van der Waals surface area (Å²) in [5.74, 6) is 0. The van der Waals surface area contributed by atoms with Gasteiger partial charge in [-0.25, -0.2) is 0 Å². The topological polar surface area (TPSA) is 39.1 Å². The quantitative estimate of drug-likeness (QED) is 0.811. The lowest BCUT2D eigenvalue weighted by Crippen LogP contribution is -2.24. The monoisotopic (exact) mass is 209 g/mol. The number of aromatic nitrogens is 2. The molecule has 1 saturated heterocycles. The van der Waals surface area contributed by atoms with Crippen molar-refractivity contribution in [2.24, 2.45) is 7.05 Å². The van der Waals surface area contributed by atoms with E-state index in [0.29, 0.717) is 12.1 Å². The van der Waals surface area contributed by atoms with Crippen molar-refractivity contribution >= 4 is 0 Å². The zero-order valence-electron chi connectivity index (χ0n) is 9.44. The lowest BCUT2D eigenvalue weighted by Gasteiger charge is -2.19. The minimum absolute atomic E-state index is 0.348. The number of hydrogen-bond donors (Lipinski definition) is 1. The van der Waals surface area contributed by atoms with Crippen molar-refractivity contribution in [3.05, 3.63) is 18.0 Å². The molecule has 0 aliphatic carbocycles. The molecule has 1 N–H and O–H groups in total. The molecule has 2 unspecified atom stereocenters. The van der Waals surface area contributed by atoms with Gasteiger partial charge in [0.25, 0.3) is 0 Å². The molecular formula is C11H19N3O. The van der Waals surface area contributed by atoms with Crippen LogP contribution in [0.1, 0.15) is 31.0 Å². The maximum Gasteiger partial charge on any atom is 0.0594 e. The Kier molecular flexibility index (Phi) is 3.38. The fraction of sp³-hybridized carbons (Fsp3) is 0.727. The van der Waals surface area contributed by atoms with Gasteiger partial charge in [0.15, 0.2) is 0 Å². The molecule has 2 rings (SSSR count). The van der Waals surface area contributed by atoms with Crippen molar-refractivity contribution < 1.29 is 4.74 Å². The van der Waals surface area contributed by atoms with Gasteiger partial charge in [-0.05, 0) is 32.4 Å². The molecule has 1 aromatic heterocycles. The molecule has 0 spiro atoms. The van der Waals surface area contributed by atoms with Gasteiger partial charge < -0.3 is 10.1 Å². The number of ether oxygens (including phenoxy) is 1. The minimum atomic E-state index is 0.348. The predicted molar refractivity (Wildman–Crippen MR) is 58.6 cm³/mol. The number of nitrogens with one attached hydrogen (secondary N) is 1. The van der Waals surface area contributed by atoms with Gasteiger partial charge in [-0.2, -0.15) is 5.10 Å². The van der Waals surface area contributed by atoms with E-state index in [0.717, 1.165) is 13.0 Å². The van der Waals surface area contributed by atoms with E-state index in [1.54, 1.807) is 0 Å². The molecule has 0 bridgehead atoms. The second-order valence-corrected chi connectivity index (χ2v) is 4.09. The Morgan fingerprint density at radius 2 is 2.60 bits per heavy atom. The van der Waals surface area contributed by atoms with Gasteiger partial charge in [-0.3, -0.25) is 4.68 Å². The largest absolute Gasteiger partial charge is 0.378 e. The molecule has 4 nitrogen and oxygen atoms in total. The fourth-order valence-corrected chi connectivity index (χ4v) is 2.21. The van der Waals surface area contributed by atoms with Crippen molar-refractivity contribution in [1.29, 1.82) is 0 Å². The fourth-order valence-electron chi connectivity index (χ4n) is 2.21. The highest BCUT2D eigenvalue weighted by molar-refractivity contribution is 5.06. The Morgan fingerprint density at radius 3 is 3.13 bits per heavy atom. The predicted octanol–water partition coefficient (Wildman–Crippen LogP) is 1.25. The Balaban J connectivity index is 2.00. The number of hydrogen-bond acceptors (Lipinski definition) is 3. The van der Waals surface area contributed by atoms with E-state index >= 15 is 0 Å². The maximum atomic E-state index is 5.65. The maximum absolute atomic E-state index is 5.65. The van der Waals surface area contributed by atoms with Crippen molar-refractivity contribution in [1.82, 2.24) is 15.1 Å². The summed E-state index contributed by atoms with van der Waals surface area (Å²) in [6.45, 7) is 0.923. The van der Waals surface area contributed by atoms with Crippen LogP contribution in [-0.4, -0.2) is 29.5 Å². The first-order valence-corrected chi connectivity index (χ1v) is 5.58. The van der Waals surface area contributed by atoms with Crippen LogP contribution < -0.4 is 5.32 Å². The van der Waals surface area contributed by atoms with E-state index in [4.69, 9.17) is 4.74 Å². The Labute approximate surface area is 90.6 Å². The average Bonchev–Trinajstić information content (AvgIpc) is 2.85. The molecule has 0 saturated carbocycles. The molecule has 4 heteroatoms. The van der Waals surface area contributed by atoms with Gasteiger partial charge in [0.2, 0.25) is 0 Å². The van der Waals surface area contributed by atoms with Crippen LogP contribution in [0.2, 0.25) is 0 Å². The van der Waals surface area contributed by atoms with Gasteiger partial charge in [0.05, 0.1) is 17.8 Å². The summed E-state index contributed by atoms with van der Waals surface area (Å²) in [6, 6.07) is 2.41. The first-order chi connectivity index (χ1) is 7.31. The van der Waals surface area contributed by atoms with E-state index < -0.39 is 0 Å². The number of nitrogens with zero attached hydrogens (tertiary/aromatic N) is 2. The van der Waals surface area contributed by atoms with Crippen molar-refractivity contribution in [2.45, 2.75) is 31.4 Å². The van der Waals surface area contributed by atoms with Crippen molar-refractivity contribution in [3.63, 3.8) is 0 Å². The van der Waals surface area contributed by atoms with E-state index in [9.17, 15) is 0 Å². The van der Waals surface area contributed by atoms with E-state index in [-0.39, 0.29) is 0 Å².